The second-order valence-corrected chi connectivity index (χ2v) is 8.59. The molecule has 2 aliphatic rings. The zero-order valence-electron chi connectivity index (χ0n) is 17.3. The van der Waals surface area contributed by atoms with Gasteiger partial charge >= 0.3 is 0 Å². The summed E-state index contributed by atoms with van der Waals surface area (Å²) in [5.41, 5.74) is 4.73. The van der Waals surface area contributed by atoms with Crippen LogP contribution in [0.25, 0.3) is 0 Å². The van der Waals surface area contributed by atoms with Crippen LogP contribution in [0.5, 0.6) is 0 Å². The predicted octanol–water partition coefficient (Wildman–Crippen LogP) is 2.91. The smallest absolute Gasteiger partial charge is 0.254 e. The van der Waals surface area contributed by atoms with Crippen molar-refractivity contribution in [2.75, 3.05) is 13.1 Å². The van der Waals surface area contributed by atoms with Gasteiger partial charge in [-0.1, -0.05) is 12.1 Å². The standard InChI is InChI=1S/C23H27N5O/c1-14-4-17(5-15(2)22(14)8-24)11-28-12-18-6-21(7-19(18)13-28)27-23(29)20-9-25-16(3)26-10-20/h4-5,9-10,18-19,21H,6-7,11-13H2,1-3H3,(H,27,29). The summed E-state index contributed by atoms with van der Waals surface area (Å²) >= 11 is 0. The third-order valence-electron chi connectivity index (χ3n) is 6.32. The Morgan fingerprint density at radius 3 is 2.28 bits per heavy atom. The van der Waals surface area contributed by atoms with E-state index in [1.54, 1.807) is 12.4 Å². The van der Waals surface area contributed by atoms with Gasteiger partial charge in [0, 0.05) is 38.1 Å². The maximum Gasteiger partial charge on any atom is 0.254 e. The van der Waals surface area contributed by atoms with E-state index in [0.717, 1.165) is 49.2 Å². The molecule has 150 valence electrons. The Bertz CT molecular complexity index is 925. The van der Waals surface area contributed by atoms with Gasteiger partial charge in [0.15, 0.2) is 0 Å². The van der Waals surface area contributed by atoms with E-state index in [9.17, 15) is 10.1 Å². The van der Waals surface area contributed by atoms with Gasteiger partial charge in [0.1, 0.15) is 5.82 Å². The molecule has 1 aliphatic carbocycles. The highest BCUT2D eigenvalue weighted by atomic mass is 16.1. The fourth-order valence-corrected chi connectivity index (χ4v) is 5.00. The van der Waals surface area contributed by atoms with Crippen molar-refractivity contribution in [1.82, 2.24) is 20.2 Å². The molecule has 29 heavy (non-hydrogen) atoms. The molecule has 0 spiro atoms. The predicted molar refractivity (Wildman–Crippen MR) is 110 cm³/mol. The number of rotatable bonds is 4. The van der Waals surface area contributed by atoms with Crippen molar-refractivity contribution in [3.63, 3.8) is 0 Å². The summed E-state index contributed by atoms with van der Waals surface area (Å²) in [4.78, 5) is 23.2. The van der Waals surface area contributed by atoms with Gasteiger partial charge in [0.2, 0.25) is 0 Å². The summed E-state index contributed by atoms with van der Waals surface area (Å²) in [5.74, 6) is 1.87. The first-order valence-electron chi connectivity index (χ1n) is 10.2. The quantitative estimate of drug-likeness (QED) is 0.869. The Balaban J connectivity index is 1.32. The van der Waals surface area contributed by atoms with Crippen LogP contribution in [0.3, 0.4) is 0 Å². The van der Waals surface area contributed by atoms with Gasteiger partial charge in [-0.25, -0.2) is 9.97 Å². The largest absolute Gasteiger partial charge is 0.349 e. The number of benzene rings is 1. The van der Waals surface area contributed by atoms with Crippen LogP contribution in [0.1, 0.15) is 51.3 Å². The molecule has 1 aromatic heterocycles. The molecule has 6 heteroatoms. The van der Waals surface area contributed by atoms with Gasteiger partial charge in [0.05, 0.1) is 17.2 Å². The number of hydrogen-bond donors (Lipinski definition) is 1. The number of amides is 1. The highest BCUT2D eigenvalue weighted by Crippen LogP contribution is 2.38. The Hall–Kier alpha value is -2.78. The van der Waals surface area contributed by atoms with E-state index >= 15 is 0 Å². The fourth-order valence-electron chi connectivity index (χ4n) is 5.00. The van der Waals surface area contributed by atoms with Gasteiger partial charge in [-0.2, -0.15) is 5.26 Å². The third-order valence-corrected chi connectivity index (χ3v) is 6.32. The van der Waals surface area contributed by atoms with Crippen LogP contribution in [-0.2, 0) is 6.54 Å². The minimum atomic E-state index is -0.0737. The first kappa shape index (κ1) is 19.5. The molecule has 2 fully saturated rings. The molecule has 1 aromatic carbocycles. The van der Waals surface area contributed by atoms with Crippen molar-refractivity contribution >= 4 is 5.91 Å². The van der Waals surface area contributed by atoms with Crippen molar-refractivity contribution in [2.45, 2.75) is 46.2 Å². The molecule has 0 bridgehead atoms. The Labute approximate surface area is 172 Å². The topological polar surface area (TPSA) is 81.9 Å². The lowest BCUT2D eigenvalue weighted by Crippen LogP contribution is -2.34. The Kier molecular flexibility index (Phi) is 5.33. The number of carbonyl (C=O) groups is 1. The van der Waals surface area contributed by atoms with Crippen LogP contribution in [0, 0.1) is 43.9 Å². The molecule has 0 radical (unpaired) electrons. The average molecular weight is 390 g/mol. The van der Waals surface area contributed by atoms with Gasteiger partial charge in [-0.15, -0.1) is 0 Å². The number of fused-ring (bicyclic) bond motifs is 1. The SMILES string of the molecule is Cc1ncc(C(=O)NC2CC3CN(Cc4cc(C)c(C#N)c(C)c4)CC3C2)cn1. The van der Waals surface area contributed by atoms with Crippen LogP contribution in [0.4, 0.5) is 0 Å². The summed E-state index contributed by atoms with van der Waals surface area (Å²) in [7, 11) is 0. The first-order chi connectivity index (χ1) is 13.9. The van der Waals surface area contributed by atoms with E-state index in [1.807, 2.05) is 20.8 Å². The van der Waals surface area contributed by atoms with Crippen molar-refractivity contribution in [1.29, 1.82) is 5.26 Å². The number of aryl methyl sites for hydroxylation is 3. The van der Waals surface area contributed by atoms with Crippen molar-refractivity contribution in [3.05, 3.63) is 58.2 Å². The molecular weight excluding hydrogens is 362 g/mol. The second kappa shape index (κ2) is 7.92. The molecule has 2 unspecified atom stereocenters. The summed E-state index contributed by atoms with van der Waals surface area (Å²) < 4.78 is 0. The van der Waals surface area contributed by atoms with E-state index < -0.39 is 0 Å². The number of nitrogens with zero attached hydrogens (tertiary/aromatic N) is 4. The molecule has 1 saturated carbocycles. The minimum Gasteiger partial charge on any atom is -0.349 e. The second-order valence-electron chi connectivity index (χ2n) is 8.59. The molecule has 2 atom stereocenters. The average Bonchev–Trinajstić information content (AvgIpc) is 3.19. The summed E-state index contributed by atoms with van der Waals surface area (Å²) in [6, 6.07) is 6.82. The number of aromatic nitrogens is 2. The molecule has 2 heterocycles. The van der Waals surface area contributed by atoms with Crippen LogP contribution < -0.4 is 5.32 Å². The monoisotopic (exact) mass is 389 g/mol. The number of nitriles is 1. The van der Waals surface area contributed by atoms with E-state index in [1.165, 1.54) is 5.56 Å². The van der Waals surface area contributed by atoms with E-state index in [4.69, 9.17) is 0 Å². The van der Waals surface area contributed by atoms with Crippen LogP contribution in [0.15, 0.2) is 24.5 Å². The maximum absolute atomic E-state index is 12.4. The molecule has 2 aromatic rings. The maximum atomic E-state index is 12.4. The molecule has 1 N–H and O–H groups in total. The number of nitrogens with one attached hydrogen (secondary N) is 1. The van der Waals surface area contributed by atoms with Crippen molar-refractivity contribution in [2.24, 2.45) is 11.8 Å². The molecular formula is C23H27N5O. The number of likely N-dealkylation sites (tertiary alicyclic amines) is 1. The molecule has 6 nitrogen and oxygen atoms in total. The lowest BCUT2D eigenvalue weighted by molar-refractivity contribution is 0.0934. The summed E-state index contributed by atoms with van der Waals surface area (Å²) in [6.07, 6.45) is 5.25. The summed E-state index contributed by atoms with van der Waals surface area (Å²) in [5, 5.41) is 12.4. The molecule has 4 rings (SSSR count). The van der Waals surface area contributed by atoms with E-state index in [-0.39, 0.29) is 11.9 Å². The molecule has 1 aliphatic heterocycles. The van der Waals surface area contributed by atoms with Crippen LogP contribution in [0.2, 0.25) is 0 Å². The van der Waals surface area contributed by atoms with Crippen molar-refractivity contribution in [3.8, 4) is 6.07 Å². The highest BCUT2D eigenvalue weighted by molar-refractivity contribution is 5.93. The summed E-state index contributed by atoms with van der Waals surface area (Å²) in [6.45, 7) is 8.91. The lowest BCUT2D eigenvalue weighted by atomic mass is 10.00. The number of carbonyl (C=O) groups excluding carboxylic acids is 1. The first-order valence-corrected chi connectivity index (χ1v) is 10.2. The Morgan fingerprint density at radius 1 is 1.14 bits per heavy atom. The van der Waals surface area contributed by atoms with E-state index in [0.29, 0.717) is 23.2 Å². The molecule has 1 saturated heterocycles. The van der Waals surface area contributed by atoms with Gasteiger partial charge in [-0.05, 0) is 62.1 Å². The molecule has 1 amide bonds. The zero-order chi connectivity index (χ0) is 20.5. The van der Waals surface area contributed by atoms with Gasteiger partial charge < -0.3 is 5.32 Å². The lowest BCUT2D eigenvalue weighted by Gasteiger charge is -2.20. The van der Waals surface area contributed by atoms with E-state index in [2.05, 4.69) is 38.4 Å². The third kappa shape index (κ3) is 4.15. The van der Waals surface area contributed by atoms with Crippen LogP contribution in [-0.4, -0.2) is 39.9 Å². The number of hydrogen-bond acceptors (Lipinski definition) is 5. The minimum absolute atomic E-state index is 0.0737. The zero-order valence-corrected chi connectivity index (χ0v) is 17.3. The Morgan fingerprint density at radius 2 is 1.72 bits per heavy atom. The van der Waals surface area contributed by atoms with Crippen molar-refractivity contribution < 1.29 is 4.79 Å². The fraction of sp³-hybridized carbons (Fsp3) is 0.478. The normalized spacial score (nSPS) is 23.6. The van der Waals surface area contributed by atoms with Gasteiger partial charge in [0.25, 0.3) is 5.91 Å². The van der Waals surface area contributed by atoms with Gasteiger partial charge in [-0.3, -0.25) is 9.69 Å². The highest BCUT2D eigenvalue weighted by Gasteiger charge is 2.41. The van der Waals surface area contributed by atoms with Crippen LogP contribution >= 0.6 is 0 Å².